The number of ether oxygens (including phenoxy) is 1. The van der Waals surface area contributed by atoms with Crippen LogP contribution >= 0.6 is 0 Å². The van der Waals surface area contributed by atoms with Gasteiger partial charge in [-0.15, -0.1) is 0 Å². The Morgan fingerprint density at radius 1 is 1.31 bits per heavy atom. The van der Waals surface area contributed by atoms with Crippen molar-refractivity contribution >= 4 is 0 Å². The van der Waals surface area contributed by atoms with Gasteiger partial charge in [0.25, 0.3) is 0 Å². The first-order chi connectivity index (χ1) is 5.84. The second kappa shape index (κ2) is 5.58. The van der Waals surface area contributed by atoms with E-state index in [1.54, 1.807) is 13.8 Å². The topological polar surface area (TPSA) is 41.5 Å². The molecule has 3 heteroatoms. The lowest BCUT2D eigenvalue weighted by molar-refractivity contribution is 0.0349. The maximum absolute atomic E-state index is 9.59. The van der Waals surface area contributed by atoms with E-state index in [1.807, 2.05) is 20.8 Å². The normalized spacial score (nSPS) is 15.0. The lowest BCUT2D eigenvalue weighted by Gasteiger charge is -2.26. The zero-order valence-electron chi connectivity index (χ0n) is 9.42. The Bertz CT molecular complexity index is 129. The molecule has 13 heavy (non-hydrogen) atoms. The van der Waals surface area contributed by atoms with Crippen molar-refractivity contribution in [3.05, 3.63) is 0 Å². The summed E-state index contributed by atoms with van der Waals surface area (Å²) in [5.41, 5.74) is -0.669. The Morgan fingerprint density at radius 3 is 2.23 bits per heavy atom. The molecule has 0 saturated heterocycles. The molecule has 0 aliphatic carbocycles. The summed E-state index contributed by atoms with van der Waals surface area (Å²) in [6.45, 7) is 11.1. The molecule has 0 bridgehead atoms. The highest BCUT2D eigenvalue weighted by molar-refractivity contribution is 4.79. The molecule has 1 atom stereocenters. The molecule has 0 spiro atoms. The Kier molecular flexibility index (Phi) is 5.53. The summed E-state index contributed by atoms with van der Waals surface area (Å²) < 4.78 is 5.36. The summed E-state index contributed by atoms with van der Waals surface area (Å²) in [6, 6.07) is 0.0864. The zero-order chi connectivity index (χ0) is 10.5. The van der Waals surface area contributed by atoms with Crippen LogP contribution in [0.2, 0.25) is 0 Å². The third-order valence-electron chi connectivity index (χ3n) is 2.06. The number of hydrogen-bond acceptors (Lipinski definition) is 3. The Morgan fingerprint density at radius 2 is 1.85 bits per heavy atom. The standard InChI is InChI=1S/C10H23NO2/c1-8(2)13-7-6-11-9(3)10(4,5)12/h8-9,11-12H,6-7H2,1-5H3. The van der Waals surface area contributed by atoms with Gasteiger partial charge in [0.1, 0.15) is 0 Å². The summed E-state index contributed by atoms with van der Waals surface area (Å²) in [6.07, 6.45) is 0.277. The maximum atomic E-state index is 9.59. The van der Waals surface area contributed by atoms with Gasteiger partial charge >= 0.3 is 0 Å². The summed E-state index contributed by atoms with van der Waals surface area (Å²) in [4.78, 5) is 0. The van der Waals surface area contributed by atoms with Crippen LogP contribution in [0.15, 0.2) is 0 Å². The van der Waals surface area contributed by atoms with E-state index < -0.39 is 5.60 Å². The van der Waals surface area contributed by atoms with Crippen molar-refractivity contribution < 1.29 is 9.84 Å². The average Bonchev–Trinajstić information content (AvgIpc) is 1.95. The van der Waals surface area contributed by atoms with E-state index in [9.17, 15) is 5.11 Å². The van der Waals surface area contributed by atoms with E-state index in [-0.39, 0.29) is 12.1 Å². The van der Waals surface area contributed by atoms with E-state index in [0.29, 0.717) is 6.61 Å². The average molecular weight is 189 g/mol. The lowest BCUT2D eigenvalue weighted by atomic mass is 10.0. The van der Waals surface area contributed by atoms with E-state index in [4.69, 9.17) is 4.74 Å². The third kappa shape index (κ3) is 6.99. The van der Waals surface area contributed by atoms with Gasteiger partial charge in [0, 0.05) is 12.6 Å². The van der Waals surface area contributed by atoms with Gasteiger partial charge in [-0.05, 0) is 34.6 Å². The molecule has 0 rings (SSSR count). The largest absolute Gasteiger partial charge is 0.389 e. The van der Waals surface area contributed by atoms with Crippen molar-refractivity contribution in [1.82, 2.24) is 5.32 Å². The van der Waals surface area contributed by atoms with E-state index >= 15 is 0 Å². The molecule has 0 aromatic carbocycles. The van der Waals surface area contributed by atoms with Crippen molar-refractivity contribution in [1.29, 1.82) is 0 Å². The number of hydrogen-bond donors (Lipinski definition) is 2. The molecular formula is C10H23NO2. The molecule has 0 aromatic rings. The van der Waals surface area contributed by atoms with Crippen LogP contribution in [0.5, 0.6) is 0 Å². The summed E-state index contributed by atoms with van der Waals surface area (Å²) in [5, 5.41) is 12.8. The van der Waals surface area contributed by atoms with Gasteiger partial charge in [-0.1, -0.05) is 0 Å². The fraction of sp³-hybridized carbons (Fsp3) is 1.00. The van der Waals surface area contributed by atoms with E-state index in [1.165, 1.54) is 0 Å². The van der Waals surface area contributed by atoms with Crippen LogP contribution in [0, 0.1) is 0 Å². The first kappa shape index (κ1) is 12.9. The number of nitrogens with one attached hydrogen (secondary N) is 1. The maximum Gasteiger partial charge on any atom is 0.0741 e. The fourth-order valence-electron chi connectivity index (χ4n) is 0.820. The van der Waals surface area contributed by atoms with Crippen molar-refractivity contribution in [2.24, 2.45) is 0 Å². The predicted molar refractivity (Wildman–Crippen MR) is 54.9 cm³/mol. The highest BCUT2D eigenvalue weighted by Gasteiger charge is 2.20. The molecule has 1 unspecified atom stereocenters. The van der Waals surface area contributed by atoms with Crippen LogP contribution in [0.1, 0.15) is 34.6 Å². The number of aliphatic hydroxyl groups is 1. The summed E-state index contributed by atoms with van der Waals surface area (Å²) in [7, 11) is 0. The highest BCUT2D eigenvalue weighted by atomic mass is 16.5. The van der Waals surface area contributed by atoms with Gasteiger partial charge < -0.3 is 15.2 Å². The molecule has 3 nitrogen and oxygen atoms in total. The Balaban J connectivity index is 3.43. The van der Waals surface area contributed by atoms with Crippen molar-refractivity contribution in [3.63, 3.8) is 0 Å². The van der Waals surface area contributed by atoms with Crippen LogP contribution in [-0.4, -0.2) is 36.0 Å². The van der Waals surface area contributed by atoms with E-state index in [2.05, 4.69) is 5.32 Å². The monoisotopic (exact) mass is 189 g/mol. The van der Waals surface area contributed by atoms with Gasteiger partial charge in [0.2, 0.25) is 0 Å². The zero-order valence-corrected chi connectivity index (χ0v) is 9.42. The number of rotatable bonds is 6. The molecule has 0 aliphatic rings. The highest BCUT2D eigenvalue weighted by Crippen LogP contribution is 2.06. The molecule has 0 radical (unpaired) electrons. The molecule has 0 aromatic heterocycles. The van der Waals surface area contributed by atoms with Crippen LogP contribution < -0.4 is 5.32 Å². The minimum atomic E-state index is -0.669. The van der Waals surface area contributed by atoms with Gasteiger partial charge in [0.15, 0.2) is 0 Å². The predicted octanol–water partition coefficient (Wildman–Crippen LogP) is 1.16. The minimum absolute atomic E-state index is 0.0864. The van der Waals surface area contributed by atoms with Crippen LogP contribution in [0.4, 0.5) is 0 Å². The molecule has 0 amide bonds. The van der Waals surface area contributed by atoms with E-state index in [0.717, 1.165) is 6.54 Å². The molecule has 0 fully saturated rings. The second-order valence-electron chi connectivity index (χ2n) is 4.25. The smallest absolute Gasteiger partial charge is 0.0741 e. The first-order valence-corrected chi connectivity index (χ1v) is 4.91. The Labute approximate surface area is 81.5 Å². The molecule has 2 N–H and O–H groups in total. The van der Waals surface area contributed by atoms with Gasteiger partial charge in [-0.2, -0.15) is 0 Å². The molecular weight excluding hydrogens is 166 g/mol. The second-order valence-corrected chi connectivity index (χ2v) is 4.25. The van der Waals surface area contributed by atoms with Gasteiger partial charge in [-0.3, -0.25) is 0 Å². The van der Waals surface area contributed by atoms with Crippen molar-refractivity contribution in [3.8, 4) is 0 Å². The first-order valence-electron chi connectivity index (χ1n) is 4.91. The van der Waals surface area contributed by atoms with Crippen molar-refractivity contribution in [2.45, 2.75) is 52.4 Å². The Hall–Kier alpha value is -0.120. The summed E-state index contributed by atoms with van der Waals surface area (Å²) in [5.74, 6) is 0. The SMILES string of the molecule is CC(C)OCCNC(C)C(C)(C)O. The molecule has 0 heterocycles. The summed E-state index contributed by atoms with van der Waals surface area (Å²) >= 11 is 0. The quantitative estimate of drug-likeness (QED) is 0.616. The van der Waals surface area contributed by atoms with Crippen LogP contribution in [-0.2, 0) is 4.74 Å². The third-order valence-corrected chi connectivity index (χ3v) is 2.06. The van der Waals surface area contributed by atoms with Gasteiger partial charge in [-0.25, -0.2) is 0 Å². The molecule has 80 valence electrons. The van der Waals surface area contributed by atoms with Crippen LogP contribution in [0.3, 0.4) is 0 Å². The molecule has 0 saturated carbocycles. The van der Waals surface area contributed by atoms with Crippen LogP contribution in [0.25, 0.3) is 0 Å². The fourth-order valence-corrected chi connectivity index (χ4v) is 0.820. The van der Waals surface area contributed by atoms with Gasteiger partial charge in [0.05, 0.1) is 18.3 Å². The minimum Gasteiger partial charge on any atom is -0.389 e. The lowest BCUT2D eigenvalue weighted by Crippen LogP contribution is -2.45. The van der Waals surface area contributed by atoms with Crippen molar-refractivity contribution in [2.75, 3.05) is 13.2 Å². The molecule has 0 aliphatic heterocycles.